The van der Waals surface area contributed by atoms with Gasteiger partial charge in [-0.2, -0.15) is 0 Å². The van der Waals surface area contributed by atoms with Crippen LogP contribution in [0.2, 0.25) is 0 Å². The number of aromatic amines is 1. The highest BCUT2D eigenvalue weighted by atomic mass is 19.2. The van der Waals surface area contributed by atoms with Crippen molar-refractivity contribution in [3.63, 3.8) is 0 Å². The molecule has 0 fully saturated rings. The summed E-state index contributed by atoms with van der Waals surface area (Å²) in [6.07, 6.45) is 2.27. The Hall–Kier alpha value is -2.50. The molecule has 0 unspecified atom stereocenters. The van der Waals surface area contributed by atoms with Gasteiger partial charge >= 0.3 is 5.97 Å². The van der Waals surface area contributed by atoms with Crippen LogP contribution in [0.1, 0.15) is 10.4 Å². The zero-order valence-corrected chi connectivity index (χ0v) is 8.91. The summed E-state index contributed by atoms with van der Waals surface area (Å²) >= 11 is 0. The molecule has 18 heavy (non-hydrogen) atoms. The normalized spacial score (nSPS) is 10.3. The molecular formula is C12H7F2NO3. The number of carboxylic acids is 1. The summed E-state index contributed by atoms with van der Waals surface area (Å²) in [7, 11) is 0. The van der Waals surface area contributed by atoms with E-state index in [4.69, 9.17) is 5.11 Å². The Morgan fingerprint density at radius 2 is 1.89 bits per heavy atom. The Bertz CT molecular complexity index is 679. The number of aromatic carboxylic acids is 1. The van der Waals surface area contributed by atoms with E-state index in [9.17, 15) is 18.4 Å². The molecule has 2 rings (SSSR count). The van der Waals surface area contributed by atoms with E-state index in [-0.39, 0.29) is 11.1 Å². The summed E-state index contributed by atoms with van der Waals surface area (Å²) in [5, 5.41) is 8.78. The fourth-order valence-electron chi connectivity index (χ4n) is 1.52. The van der Waals surface area contributed by atoms with E-state index in [0.29, 0.717) is 0 Å². The molecule has 6 heteroatoms. The van der Waals surface area contributed by atoms with Crippen molar-refractivity contribution < 1.29 is 18.7 Å². The summed E-state index contributed by atoms with van der Waals surface area (Å²) in [6, 6.07) is 2.91. The molecule has 1 aromatic carbocycles. The maximum atomic E-state index is 13.1. The molecule has 1 heterocycles. The molecular weight excluding hydrogens is 244 g/mol. The third-order valence-corrected chi connectivity index (χ3v) is 2.41. The number of nitrogens with one attached hydrogen (secondary N) is 1. The highest BCUT2D eigenvalue weighted by Gasteiger charge is 2.14. The van der Waals surface area contributed by atoms with E-state index in [0.717, 1.165) is 18.3 Å². The minimum atomic E-state index is -1.39. The first kappa shape index (κ1) is 12.0. The van der Waals surface area contributed by atoms with Crippen molar-refractivity contribution in [2.45, 2.75) is 0 Å². The smallest absolute Gasteiger partial charge is 0.341 e. The van der Waals surface area contributed by atoms with E-state index in [1.54, 1.807) is 0 Å². The van der Waals surface area contributed by atoms with Gasteiger partial charge in [0.1, 0.15) is 5.56 Å². The molecule has 0 radical (unpaired) electrons. The van der Waals surface area contributed by atoms with Gasteiger partial charge in [0.25, 0.3) is 0 Å². The van der Waals surface area contributed by atoms with Gasteiger partial charge in [-0.3, -0.25) is 4.79 Å². The fraction of sp³-hybridized carbons (Fsp3) is 0. The van der Waals surface area contributed by atoms with Crippen LogP contribution >= 0.6 is 0 Å². The molecule has 0 aliphatic heterocycles. The summed E-state index contributed by atoms with van der Waals surface area (Å²) in [4.78, 5) is 25.0. The first-order valence-electron chi connectivity index (χ1n) is 4.90. The van der Waals surface area contributed by atoms with Gasteiger partial charge in [0, 0.05) is 18.0 Å². The second kappa shape index (κ2) is 4.40. The lowest BCUT2D eigenvalue weighted by molar-refractivity contribution is 0.0695. The monoisotopic (exact) mass is 251 g/mol. The van der Waals surface area contributed by atoms with Crippen LogP contribution in [-0.4, -0.2) is 16.1 Å². The van der Waals surface area contributed by atoms with E-state index < -0.39 is 28.6 Å². The molecule has 0 saturated carbocycles. The average Bonchev–Trinajstić information content (AvgIpc) is 2.33. The summed E-state index contributed by atoms with van der Waals surface area (Å²) < 4.78 is 25.8. The zero-order valence-electron chi connectivity index (χ0n) is 8.91. The van der Waals surface area contributed by atoms with Crippen LogP contribution in [-0.2, 0) is 0 Å². The van der Waals surface area contributed by atoms with Crippen LogP contribution < -0.4 is 5.43 Å². The van der Waals surface area contributed by atoms with E-state index in [1.165, 1.54) is 12.3 Å². The number of halogens is 2. The highest BCUT2D eigenvalue weighted by molar-refractivity contribution is 5.88. The van der Waals surface area contributed by atoms with Crippen molar-refractivity contribution in [1.82, 2.24) is 4.98 Å². The zero-order chi connectivity index (χ0) is 13.3. The van der Waals surface area contributed by atoms with Crippen LogP contribution in [0.25, 0.3) is 11.1 Å². The minimum Gasteiger partial charge on any atom is -0.477 e. The number of carbonyl (C=O) groups is 1. The lowest BCUT2D eigenvalue weighted by Gasteiger charge is -2.02. The number of hydrogen-bond acceptors (Lipinski definition) is 2. The van der Waals surface area contributed by atoms with Crippen molar-refractivity contribution in [2.24, 2.45) is 0 Å². The number of rotatable bonds is 2. The highest BCUT2D eigenvalue weighted by Crippen LogP contribution is 2.18. The topological polar surface area (TPSA) is 70.2 Å². The molecule has 0 spiro atoms. The maximum absolute atomic E-state index is 13.1. The quantitative estimate of drug-likeness (QED) is 0.857. The van der Waals surface area contributed by atoms with Crippen molar-refractivity contribution >= 4 is 5.97 Å². The number of carboxylic acid groups (broad SMARTS) is 1. The molecule has 4 nitrogen and oxygen atoms in total. The van der Waals surface area contributed by atoms with Crippen molar-refractivity contribution in [1.29, 1.82) is 0 Å². The second-order valence-corrected chi connectivity index (χ2v) is 3.55. The van der Waals surface area contributed by atoms with E-state index in [2.05, 4.69) is 4.98 Å². The number of hydrogen-bond donors (Lipinski definition) is 2. The first-order chi connectivity index (χ1) is 8.50. The van der Waals surface area contributed by atoms with Crippen molar-refractivity contribution in [3.05, 3.63) is 58.0 Å². The fourth-order valence-corrected chi connectivity index (χ4v) is 1.52. The molecule has 0 amide bonds. The number of pyridine rings is 1. The predicted octanol–water partition coefficient (Wildman–Crippen LogP) is 2.02. The summed E-state index contributed by atoms with van der Waals surface area (Å²) in [5.41, 5.74) is -1.14. The van der Waals surface area contributed by atoms with Gasteiger partial charge in [0.05, 0.1) is 0 Å². The Kier molecular flexibility index (Phi) is 2.93. The van der Waals surface area contributed by atoms with E-state index >= 15 is 0 Å². The SMILES string of the molecule is O=C(O)c1c[nH]cc(-c2ccc(F)c(F)c2)c1=O. The first-order valence-corrected chi connectivity index (χ1v) is 4.90. The third-order valence-electron chi connectivity index (χ3n) is 2.41. The molecule has 0 bridgehead atoms. The van der Waals surface area contributed by atoms with Crippen LogP contribution in [0, 0.1) is 11.6 Å². The van der Waals surface area contributed by atoms with Gasteiger partial charge < -0.3 is 10.1 Å². The van der Waals surface area contributed by atoms with Gasteiger partial charge in [0.2, 0.25) is 5.43 Å². The molecule has 1 aromatic heterocycles. The van der Waals surface area contributed by atoms with Crippen LogP contribution in [0.5, 0.6) is 0 Å². The summed E-state index contributed by atoms with van der Waals surface area (Å²) in [6.45, 7) is 0. The molecule has 2 aromatic rings. The standard InChI is InChI=1S/C12H7F2NO3/c13-9-2-1-6(3-10(9)14)7-4-15-5-8(11(7)16)12(17)18/h1-5H,(H,15,16)(H,17,18). The van der Waals surface area contributed by atoms with Gasteiger partial charge in [-0.25, -0.2) is 13.6 Å². The Morgan fingerprint density at radius 3 is 2.50 bits per heavy atom. The molecule has 0 saturated heterocycles. The average molecular weight is 251 g/mol. The lowest BCUT2D eigenvalue weighted by atomic mass is 10.1. The van der Waals surface area contributed by atoms with Crippen LogP contribution in [0.3, 0.4) is 0 Å². The molecule has 92 valence electrons. The number of H-pyrrole nitrogens is 1. The molecule has 0 atom stereocenters. The van der Waals surface area contributed by atoms with Crippen LogP contribution in [0.4, 0.5) is 8.78 Å². The Labute approximate surface area is 99.5 Å². The van der Waals surface area contributed by atoms with Gasteiger partial charge in [-0.15, -0.1) is 0 Å². The lowest BCUT2D eigenvalue weighted by Crippen LogP contribution is -2.16. The van der Waals surface area contributed by atoms with Gasteiger partial charge in [-0.05, 0) is 17.7 Å². The molecule has 0 aliphatic carbocycles. The second-order valence-electron chi connectivity index (χ2n) is 3.55. The predicted molar refractivity (Wildman–Crippen MR) is 59.4 cm³/mol. The molecule has 0 aliphatic rings. The molecule has 2 N–H and O–H groups in total. The van der Waals surface area contributed by atoms with Gasteiger partial charge in [0.15, 0.2) is 11.6 Å². The number of aromatic nitrogens is 1. The van der Waals surface area contributed by atoms with Crippen LogP contribution in [0.15, 0.2) is 35.4 Å². The largest absolute Gasteiger partial charge is 0.477 e. The Balaban J connectivity index is 2.65. The maximum Gasteiger partial charge on any atom is 0.341 e. The van der Waals surface area contributed by atoms with E-state index in [1.807, 2.05) is 0 Å². The summed E-state index contributed by atoms with van der Waals surface area (Å²) in [5.74, 6) is -3.53. The van der Waals surface area contributed by atoms with Crippen molar-refractivity contribution in [2.75, 3.05) is 0 Å². The third kappa shape index (κ3) is 2.00. The Morgan fingerprint density at radius 1 is 1.17 bits per heavy atom. The minimum absolute atomic E-state index is 0.0335. The van der Waals surface area contributed by atoms with Gasteiger partial charge in [-0.1, -0.05) is 6.07 Å². The number of benzene rings is 1. The van der Waals surface area contributed by atoms with Crippen molar-refractivity contribution in [3.8, 4) is 11.1 Å².